The van der Waals surface area contributed by atoms with E-state index in [0.29, 0.717) is 23.1 Å². The van der Waals surface area contributed by atoms with E-state index in [1.54, 1.807) is 0 Å². The Labute approximate surface area is 172 Å². The summed E-state index contributed by atoms with van der Waals surface area (Å²) < 4.78 is 13.6. The molecule has 2 aromatic rings. The van der Waals surface area contributed by atoms with Crippen LogP contribution in [0.4, 0.5) is 10.1 Å². The predicted molar refractivity (Wildman–Crippen MR) is 110 cm³/mol. The summed E-state index contributed by atoms with van der Waals surface area (Å²) in [6, 6.07) is 7.62. The molecule has 4 rings (SSSR count). The molecule has 0 N–H and O–H groups in total. The second-order valence-corrected chi connectivity index (χ2v) is 8.95. The van der Waals surface area contributed by atoms with E-state index in [9.17, 15) is 14.0 Å². The number of imide groups is 1. The summed E-state index contributed by atoms with van der Waals surface area (Å²) >= 11 is 7.33. The van der Waals surface area contributed by atoms with Crippen molar-refractivity contribution in [2.75, 3.05) is 18.0 Å². The van der Waals surface area contributed by atoms with Crippen molar-refractivity contribution in [2.24, 2.45) is 11.8 Å². The van der Waals surface area contributed by atoms with E-state index in [0.717, 1.165) is 29.3 Å². The first-order valence-corrected chi connectivity index (χ1v) is 10.5. The van der Waals surface area contributed by atoms with Crippen LogP contribution in [0.3, 0.4) is 0 Å². The molecule has 0 aliphatic carbocycles. The number of halogens is 2. The first kappa shape index (κ1) is 19.2. The Morgan fingerprint density at radius 2 is 1.82 bits per heavy atom. The average Bonchev–Trinajstić information content (AvgIpc) is 3.23. The quantitative estimate of drug-likeness (QED) is 0.672. The summed E-state index contributed by atoms with van der Waals surface area (Å²) in [6.07, 6.45) is 1.09. The van der Waals surface area contributed by atoms with Gasteiger partial charge in [0.15, 0.2) is 0 Å². The molecule has 1 saturated heterocycles. The van der Waals surface area contributed by atoms with Crippen LogP contribution >= 0.6 is 22.9 Å². The number of anilines is 1. The summed E-state index contributed by atoms with van der Waals surface area (Å²) in [4.78, 5) is 30.6. The summed E-state index contributed by atoms with van der Waals surface area (Å²) in [5, 5.41) is 1.76. The van der Waals surface area contributed by atoms with Gasteiger partial charge in [-0.15, -0.1) is 11.3 Å². The van der Waals surface area contributed by atoms with Crippen molar-refractivity contribution >= 4 is 46.0 Å². The van der Waals surface area contributed by atoms with E-state index in [1.165, 1.54) is 29.5 Å². The molecular weight excluding hydrogens is 399 g/mol. The molecule has 2 aliphatic rings. The molecule has 28 heavy (non-hydrogen) atoms. The SMILES string of the molecule is CC1CC(C)CN(C2=C(c3cccs3)C(=O)N(c3ccc(F)c(Cl)c3)C2=O)C1. The lowest BCUT2D eigenvalue weighted by Gasteiger charge is -2.37. The Hall–Kier alpha value is -2.18. The van der Waals surface area contributed by atoms with Gasteiger partial charge in [-0.2, -0.15) is 0 Å². The number of thiophene rings is 1. The number of hydrogen-bond donors (Lipinski definition) is 0. The number of rotatable bonds is 3. The fourth-order valence-corrected chi connectivity index (χ4v) is 5.10. The maximum absolute atomic E-state index is 13.6. The fourth-order valence-electron chi connectivity index (χ4n) is 4.16. The maximum Gasteiger partial charge on any atom is 0.282 e. The van der Waals surface area contributed by atoms with Gasteiger partial charge in [0.25, 0.3) is 11.8 Å². The van der Waals surface area contributed by atoms with Crippen molar-refractivity contribution in [1.29, 1.82) is 0 Å². The van der Waals surface area contributed by atoms with Crippen LogP contribution in [0.25, 0.3) is 5.57 Å². The van der Waals surface area contributed by atoms with Crippen LogP contribution in [-0.4, -0.2) is 29.8 Å². The number of piperidine rings is 1. The molecular formula is C21H20ClFN2O2S. The third kappa shape index (κ3) is 3.25. The van der Waals surface area contributed by atoms with Gasteiger partial charge < -0.3 is 4.90 Å². The minimum atomic E-state index is -0.588. The Balaban J connectivity index is 1.81. The van der Waals surface area contributed by atoms with Gasteiger partial charge in [0.2, 0.25) is 0 Å². The van der Waals surface area contributed by atoms with Crippen LogP contribution in [0.2, 0.25) is 5.02 Å². The number of likely N-dealkylation sites (tertiary alicyclic amines) is 1. The number of benzene rings is 1. The lowest BCUT2D eigenvalue weighted by molar-refractivity contribution is -0.120. The molecule has 0 bridgehead atoms. The van der Waals surface area contributed by atoms with Crippen molar-refractivity contribution in [3.8, 4) is 0 Å². The first-order chi connectivity index (χ1) is 13.4. The summed E-state index contributed by atoms with van der Waals surface area (Å²) in [7, 11) is 0. The monoisotopic (exact) mass is 418 g/mol. The molecule has 3 heterocycles. The zero-order valence-electron chi connectivity index (χ0n) is 15.6. The molecule has 146 valence electrons. The van der Waals surface area contributed by atoms with Gasteiger partial charge in [-0.3, -0.25) is 9.59 Å². The van der Waals surface area contributed by atoms with Gasteiger partial charge in [-0.05, 0) is 47.9 Å². The third-order valence-corrected chi connectivity index (χ3v) is 6.35. The molecule has 7 heteroatoms. The van der Waals surface area contributed by atoms with Crippen LogP contribution in [0.15, 0.2) is 41.4 Å². The largest absolute Gasteiger partial charge is 0.366 e. The molecule has 0 radical (unpaired) electrons. The van der Waals surface area contributed by atoms with E-state index in [4.69, 9.17) is 11.6 Å². The molecule has 0 saturated carbocycles. The molecule has 2 amide bonds. The van der Waals surface area contributed by atoms with Crippen molar-refractivity contribution < 1.29 is 14.0 Å². The standard InChI is InChI=1S/C21H20ClFN2O2S/c1-12-8-13(2)11-24(10-12)19-18(17-4-3-7-28-17)20(26)25(21(19)27)14-5-6-16(23)15(22)9-14/h3-7,9,12-13H,8,10-11H2,1-2H3. The highest BCUT2D eigenvalue weighted by Gasteiger charge is 2.44. The molecule has 2 aliphatic heterocycles. The van der Waals surface area contributed by atoms with E-state index in [2.05, 4.69) is 13.8 Å². The van der Waals surface area contributed by atoms with E-state index < -0.39 is 11.7 Å². The fraction of sp³-hybridized carbons (Fsp3) is 0.333. The topological polar surface area (TPSA) is 40.6 Å². The Morgan fingerprint density at radius 1 is 1.11 bits per heavy atom. The number of hydrogen-bond acceptors (Lipinski definition) is 4. The van der Waals surface area contributed by atoms with E-state index in [1.807, 2.05) is 22.4 Å². The molecule has 1 aromatic heterocycles. The maximum atomic E-state index is 13.6. The van der Waals surface area contributed by atoms with Crippen molar-refractivity contribution in [1.82, 2.24) is 4.90 Å². The number of amides is 2. The van der Waals surface area contributed by atoms with Gasteiger partial charge in [-0.1, -0.05) is 31.5 Å². The second kappa shape index (κ2) is 7.33. The minimum Gasteiger partial charge on any atom is -0.366 e. The lowest BCUT2D eigenvalue weighted by atomic mass is 9.91. The summed E-state index contributed by atoms with van der Waals surface area (Å²) in [5.41, 5.74) is 1.14. The highest BCUT2D eigenvalue weighted by atomic mass is 35.5. The zero-order valence-corrected chi connectivity index (χ0v) is 17.2. The van der Waals surface area contributed by atoms with Crippen LogP contribution < -0.4 is 4.90 Å². The second-order valence-electron chi connectivity index (χ2n) is 7.60. The molecule has 0 spiro atoms. The minimum absolute atomic E-state index is 0.121. The van der Waals surface area contributed by atoms with Gasteiger partial charge in [0, 0.05) is 18.0 Å². The Kier molecular flexibility index (Phi) is 5.02. The molecule has 4 nitrogen and oxygen atoms in total. The number of carbonyl (C=O) groups excluding carboxylic acids is 2. The van der Waals surface area contributed by atoms with Gasteiger partial charge in [0.05, 0.1) is 16.3 Å². The average molecular weight is 419 g/mol. The van der Waals surface area contributed by atoms with E-state index in [-0.39, 0.29) is 16.6 Å². The highest BCUT2D eigenvalue weighted by molar-refractivity contribution is 7.11. The van der Waals surface area contributed by atoms with Crippen LogP contribution in [0.5, 0.6) is 0 Å². The Bertz CT molecular complexity index is 963. The van der Waals surface area contributed by atoms with E-state index >= 15 is 0 Å². The highest BCUT2D eigenvalue weighted by Crippen LogP contribution is 2.39. The van der Waals surface area contributed by atoms with Gasteiger partial charge in [0.1, 0.15) is 11.5 Å². The van der Waals surface area contributed by atoms with Crippen molar-refractivity contribution in [2.45, 2.75) is 20.3 Å². The number of nitrogens with zero attached hydrogens (tertiary/aromatic N) is 2. The third-order valence-electron chi connectivity index (χ3n) is 5.17. The molecule has 1 aromatic carbocycles. The Morgan fingerprint density at radius 3 is 2.43 bits per heavy atom. The van der Waals surface area contributed by atoms with Gasteiger partial charge in [-0.25, -0.2) is 9.29 Å². The number of carbonyl (C=O) groups is 2. The predicted octanol–water partition coefficient (Wildman–Crippen LogP) is 4.80. The molecule has 1 fully saturated rings. The first-order valence-electron chi connectivity index (χ1n) is 9.23. The van der Waals surface area contributed by atoms with Crippen molar-refractivity contribution in [3.05, 3.63) is 57.1 Å². The van der Waals surface area contributed by atoms with Crippen molar-refractivity contribution in [3.63, 3.8) is 0 Å². The van der Waals surface area contributed by atoms with Crippen LogP contribution in [0, 0.1) is 17.7 Å². The zero-order chi connectivity index (χ0) is 20.0. The lowest BCUT2D eigenvalue weighted by Crippen LogP contribution is -2.42. The van der Waals surface area contributed by atoms with Gasteiger partial charge >= 0.3 is 0 Å². The van der Waals surface area contributed by atoms with Crippen LogP contribution in [-0.2, 0) is 9.59 Å². The van der Waals surface area contributed by atoms with Crippen LogP contribution in [0.1, 0.15) is 25.1 Å². The molecule has 2 atom stereocenters. The summed E-state index contributed by atoms with van der Waals surface area (Å²) in [6.45, 7) is 5.77. The molecule has 2 unspecified atom stereocenters. The smallest absolute Gasteiger partial charge is 0.282 e. The normalized spacial score (nSPS) is 23.1. The summed E-state index contributed by atoms with van der Waals surface area (Å²) in [5.74, 6) is -0.501.